The van der Waals surface area contributed by atoms with E-state index in [0.717, 1.165) is 43.2 Å². The first-order valence-electron chi connectivity index (χ1n) is 6.56. The number of halogens is 1. The Kier molecular flexibility index (Phi) is 5.01. The smallest absolute Gasteiger partial charge is 0.0895 e. The summed E-state index contributed by atoms with van der Waals surface area (Å²) in [7, 11) is 0. The summed E-state index contributed by atoms with van der Waals surface area (Å²) in [5.74, 6) is 0. The van der Waals surface area contributed by atoms with E-state index in [2.05, 4.69) is 11.8 Å². The zero-order chi connectivity index (χ0) is 13.0. The molecule has 2 atom stereocenters. The number of benzene rings is 1. The first-order valence-corrected chi connectivity index (χ1v) is 6.94. The molecule has 0 spiro atoms. The summed E-state index contributed by atoms with van der Waals surface area (Å²) in [5.41, 5.74) is 7.27. The third kappa shape index (κ3) is 3.23. The minimum Gasteiger partial charge on any atom is -0.374 e. The summed E-state index contributed by atoms with van der Waals surface area (Å²) in [6, 6.07) is 7.59. The van der Waals surface area contributed by atoms with Crippen LogP contribution in [0.3, 0.4) is 0 Å². The predicted molar refractivity (Wildman–Crippen MR) is 74.9 cm³/mol. The molecule has 18 heavy (non-hydrogen) atoms. The van der Waals surface area contributed by atoms with Crippen molar-refractivity contribution in [3.05, 3.63) is 34.9 Å². The van der Waals surface area contributed by atoms with Crippen molar-refractivity contribution in [1.29, 1.82) is 0 Å². The molecule has 2 N–H and O–H groups in total. The average Bonchev–Trinajstić information content (AvgIpc) is 2.39. The molecule has 1 aliphatic rings. The van der Waals surface area contributed by atoms with Gasteiger partial charge >= 0.3 is 0 Å². The Balaban J connectivity index is 2.04. The quantitative estimate of drug-likeness (QED) is 0.912. The molecule has 1 aromatic carbocycles. The van der Waals surface area contributed by atoms with Gasteiger partial charge in [-0.15, -0.1) is 0 Å². The molecule has 1 aliphatic heterocycles. The number of nitrogens with zero attached hydrogens (tertiary/aromatic N) is 1. The topological polar surface area (TPSA) is 38.5 Å². The van der Waals surface area contributed by atoms with Crippen molar-refractivity contribution >= 4 is 11.6 Å². The normalized spacial score (nSPS) is 22.9. The Morgan fingerprint density at radius 3 is 3.00 bits per heavy atom. The highest BCUT2D eigenvalue weighted by molar-refractivity contribution is 6.31. The minimum absolute atomic E-state index is 0.0326. The highest BCUT2D eigenvalue weighted by Crippen LogP contribution is 2.26. The Labute approximate surface area is 114 Å². The van der Waals surface area contributed by atoms with Gasteiger partial charge in [-0.2, -0.15) is 0 Å². The lowest BCUT2D eigenvalue weighted by Gasteiger charge is -2.35. The van der Waals surface area contributed by atoms with Crippen molar-refractivity contribution < 1.29 is 4.74 Å². The predicted octanol–water partition coefficient (Wildman–Crippen LogP) is 2.45. The standard InChI is InChI=1S/C14H21ClN2O/c1-2-7-17-8-9-18-13(10-17)14(16)11-5-3-4-6-12(11)15/h3-6,13-14H,2,7-10,16H2,1H3. The summed E-state index contributed by atoms with van der Waals surface area (Å²) in [6.07, 6.45) is 1.19. The molecule has 3 nitrogen and oxygen atoms in total. The van der Waals surface area contributed by atoms with Gasteiger partial charge in [0.05, 0.1) is 18.8 Å². The molecule has 1 heterocycles. The van der Waals surface area contributed by atoms with Gasteiger partial charge in [-0.3, -0.25) is 4.90 Å². The maximum Gasteiger partial charge on any atom is 0.0895 e. The first kappa shape index (κ1) is 13.8. The van der Waals surface area contributed by atoms with Gasteiger partial charge in [0, 0.05) is 18.1 Å². The van der Waals surface area contributed by atoms with E-state index in [0.29, 0.717) is 0 Å². The maximum atomic E-state index is 6.29. The van der Waals surface area contributed by atoms with Gasteiger partial charge in [-0.25, -0.2) is 0 Å². The molecule has 0 radical (unpaired) electrons. The van der Waals surface area contributed by atoms with Crippen LogP contribution in [0.1, 0.15) is 24.9 Å². The molecule has 100 valence electrons. The number of morpholine rings is 1. The maximum absolute atomic E-state index is 6.29. The number of hydrogen-bond donors (Lipinski definition) is 1. The third-order valence-corrected chi connectivity index (χ3v) is 3.73. The van der Waals surface area contributed by atoms with Crippen LogP contribution >= 0.6 is 11.6 Å². The van der Waals surface area contributed by atoms with Crippen LogP contribution in [-0.4, -0.2) is 37.2 Å². The molecule has 0 bridgehead atoms. The van der Waals surface area contributed by atoms with Crippen LogP contribution in [0.2, 0.25) is 5.02 Å². The average molecular weight is 269 g/mol. The molecule has 2 rings (SSSR count). The lowest BCUT2D eigenvalue weighted by Crippen LogP contribution is -2.47. The molecule has 1 fully saturated rings. The van der Waals surface area contributed by atoms with E-state index in [1.165, 1.54) is 0 Å². The van der Waals surface area contributed by atoms with Crippen molar-refractivity contribution in [3.8, 4) is 0 Å². The van der Waals surface area contributed by atoms with Gasteiger partial charge < -0.3 is 10.5 Å². The van der Waals surface area contributed by atoms with E-state index in [1.807, 2.05) is 24.3 Å². The van der Waals surface area contributed by atoms with E-state index < -0.39 is 0 Å². The van der Waals surface area contributed by atoms with Crippen molar-refractivity contribution in [2.24, 2.45) is 5.73 Å². The summed E-state index contributed by atoms with van der Waals surface area (Å²) in [4.78, 5) is 2.41. The molecule has 0 amide bonds. The number of nitrogens with two attached hydrogens (primary N) is 1. The highest BCUT2D eigenvalue weighted by atomic mass is 35.5. The molecular formula is C14H21ClN2O. The fourth-order valence-corrected chi connectivity index (χ4v) is 2.68. The second kappa shape index (κ2) is 6.53. The molecule has 0 aromatic heterocycles. The second-order valence-electron chi connectivity index (χ2n) is 4.76. The Hall–Kier alpha value is -0.610. The molecule has 0 saturated carbocycles. The van der Waals surface area contributed by atoms with E-state index in [9.17, 15) is 0 Å². The van der Waals surface area contributed by atoms with E-state index in [1.54, 1.807) is 0 Å². The summed E-state index contributed by atoms with van der Waals surface area (Å²) in [5, 5.41) is 0.723. The van der Waals surface area contributed by atoms with Crippen LogP contribution in [0.4, 0.5) is 0 Å². The Morgan fingerprint density at radius 2 is 2.28 bits per heavy atom. The molecule has 4 heteroatoms. The van der Waals surface area contributed by atoms with Gasteiger partial charge in [0.25, 0.3) is 0 Å². The Bertz CT molecular complexity index is 384. The summed E-state index contributed by atoms with van der Waals surface area (Å²) in [6.45, 7) is 5.94. The molecule has 0 aliphatic carbocycles. The number of ether oxygens (including phenoxy) is 1. The van der Waals surface area contributed by atoms with Crippen molar-refractivity contribution in [2.45, 2.75) is 25.5 Å². The van der Waals surface area contributed by atoms with Crippen molar-refractivity contribution in [3.63, 3.8) is 0 Å². The molecule has 2 unspecified atom stereocenters. The lowest BCUT2D eigenvalue weighted by molar-refractivity contribution is -0.0407. The van der Waals surface area contributed by atoms with Crippen LogP contribution < -0.4 is 5.73 Å². The number of rotatable bonds is 4. The van der Waals surface area contributed by atoms with Crippen LogP contribution in [0.25, 0.3) is 0 Å². The van der Waals surface area contributed by atoms with Gasteiger partial charge in [-0.1, -0.05) is 36.7 Å². The highest BCUT2D eigenvalue weighted by Gasteiger charge is 2.27. The fourth-order valence-electron chi connectivity index (χ4n) is 2.41. The zero-order valence-corrected chi connectivity index (χ0v) is 11.6. The Morgan fingerprint density at radius 1 is 1.50 bits per heavy atom. The lowest BCUT2D eigenvalue weighted by atomic mass is 10.0. The van der Waals surface area contributed by atoms with Crippen molar-refractivity contribution in [1.82, 2.24) is 4.90 Å². The van der Waals surface area contributed by atoms with Gasteiger partial charge in [-0.05, 0) is 24.6 Å². The van der Waals surface area contributed by atoms with Crippen LogP contribution in [-0.2, 0) is 4.74 Å². The zero-order valence-electron chi connectivity index (χ0n) is 10.8. The molecular weight excluding hydrogens is 248 g/mol. The van der Waals surface area contributed by atoms with E-state index >= 15 is 0 Å². The van der Waals surface area contributed by atoms with Gasteiger partial charge in [0.1, 0.15) is 0 Å². The van der Waals surface area contributed by atoms with E-state index in [-0.39, 0.29) is 12.1 Å². The first-order chi connectivity index (χ1) is 8.72. The third-order valence-electron chi connectivity index (χ3n) is 3.38. The minimum atomic E-state index is -0.154. The van der Waals surface area contributed by atoms with Gasteiger partial charge in [0.2, 0.25) is 0 Å². The SMILES string of the molecule is CCCN1CCOC(C(N)c2ccccc2Cl)C1. The monoisotopic (exact) mass is 268 g/mol. The van der Waals surface area contributed by atoms with Gasteiger partial charge in [0.15, 0.2) is 0 Å². The number of hydrogen-bond acceptors (Lipinski definition) is 3. The largest absolute Gasteiger partial charge is 0.374 e. The fraction of sp³-hybridized carbons (Fsp3) is 0.571. The van der Waals surface area contributed by atoms with Crippen LogP contribution in [0.15, 0.2) is 24.3 Å². The van der Waals surface area contributed by atoms with Crippen molar-refractivity contribution in [2.75, 3.05) is 26.2 Å². The second-order valence-corrected chi connectivity index (χ2v) is 5.16. The summed E-state index contributed by atoms with van der Waals surface area (Å²) < 4.78 is 5.80. The van der Waals surface area contributed by atoms with Crippen LogP contribution in [0.5, 0.6) is 0 Å². The molecule has 1 saturated heterocycles. The summed E-state index contributed by atoms with van der Waals surface area (Å²) >= 11 is 6.19. The van der Waals surface area contributed by atoms with Crippen LogP contribution in [0, 0.1) is 0 Å². The molecule has 1 aromatic rings. The van der Waals surface area contributed by atoms with E-state index in [4.69, 9.17) is 22.1 Å².